The Bertz CT molecular complexity index is 1270. The molecule has 0 bridgehead atoms. The molecule has 3 N–H and O–H groups in total. The Kier molecular flexibility index (Phi) is 6.43. The third-order valence-electron chi connectivity index (χ3n) is 7.58. The normalized spacial score (nSPS) is 17.6. The van der Waals surface area contributed by atoms with E-state index in [0.717, 1.165) is 40.6 Å². The van der Waals surface area contributed by atoms with Crippen LogP contribution in [0.3, 0.4) is 0 Å². The number of amides is 4. The molecular weight excluding hydrogens is 454 g/mol. The van der Waals surface area contributed by atoms with Crippen LogP contribution >= 0.6 is 0 Å². The average Bonchev–Trinajstić information content (AvgIpc) is 3.58. The summed E-state index contributed by atoms with van der Waals surface area (Å²) in [6.45, 7) is 0.500. The van der Waals surface area contributed by atoms with Gasteiger partial charge in [0.1, 0.15) is 5.54 Å². The van der Waals surface area contributed by atoms with Gasteiger partial charge in [0.2, 0.25) is 5.91 Å². The number of benzene rings is 2. The molecule has 1 aromatic heterocycles. The number of fused-ring (bicyclic) bond motifs is 1. The summed E-state index contributed by atoms with van der Waals surface area (Å²) in [6.07, 6.45) is 5.32. The Morgan fingerprint density at radius 2 is 1.81 bits per heavy atom. The van der Waals surface area contributed by atoms with Crippen molar-refractivity contribution in [3.05, 3.63) is 65.9 Å². The van der Waals surface area contributed by atoms with Crippen molar-refractivity contribution >= 4 is 34.4 Å². The number of hydrogen-bond acceptors (Lipinski definition) is 4. The van der Waals surface area contributed by atoms with Gasteiger partial charge in [-0.2, -0.15) is 0 Å². The quantitative estimate of drug-likeness (QED) is 0.422. The first-order chi connectivity index (χ1) is 17.4. The summed E-state index contributed by atoms with van der Waals surface area (Å²) < 4.78 is 0. The Balaban J connectivity index is 1.28. The maximum Gasteiger partial charge on any atom is 0.325 e. The van der Waals surface area contributed by atoms with E-state index in [1.54, 1.807) is 0 Å². The van der Waals surface area contributed by atoms with E-state index in [1.807, 2.05) is 38.5 Å². The fraction of sp³-hybridized carbons (Fsp3) is 0.393. The molecule has 1 unspecified atom stereocenters. The average molecular weight is 488 g/mol. The number of imide groups is 1. The number of aromatic nitrogens is 1. The number of nitrogens with zero attached hydrogens (tertiary/aromatic N) is 2. The maximum absolute atomic E-state index is 12.9. The van der Waals surface area contributed by atoms with Gasteiger partial charge in [-0.3, -0.25) is 14.5 Å². The number of para-hydroxylation sites is 1. The molecule has 3 aromatic rings. The molecule has 1 aliphatic heterocycles. The monoisotopic (exact) mass is 487 g/mol. The van der Waals surface area contributed by atoms with Crippen molar-refractivity contribution in [2.75, 3.05) is 32.1 Å². The van der Waals surface area contributed by atoms with Gasteiger partial charge >= 0.3 is 6.03 Å². The van der Waals surface area contributed by atoms with Crippen LogP contribution in [-0.4, -0.2) is 60.5 Å². The highest BCUT2D eigenvalue weighted by Crippen LogP contribution is 2.35. The number of carbonyl (C=O) groups excluding carboxylic acids is 3. The van der Waals surface area contributed by atoms with Crippen molar-refractivity contribution < 1.29 is 14.4 Å². The van der Waals surface area contributed by atoms with Gasteiger partial charge in [-0.05, 0) is 42.2 Å². The highest BCUT2D eigenvalue weighted by Gasteiger charge is 2.52. The lowest BCUT2D eigenvalue weighted by Gasteiger charge is -2.21. The molecule has 2 aliphatic rings. The van der Waals surface area contributed by atoms with Crippen LogP contribution in [0.25, 0.3) is 10.9 Å². The molecule has 2 heterocycles. The van der Waals surface area contributed by atoms with Gasteiger partial charge in [0.25, 0.3) is 5.91 Å². The molecule has 1 saturated carbocycles. The van der Waals surface area contributed by atoms with E-state index >= 15 is 0 Å². The summed E-state index contributed by atoms with van der Waals surface area (Å²) in [7, 11) is 4.01. The number of aromatic amines is 1. The molecular formula is C28H33N5O3. The standard InChI is InChI=1S/C28H33N5O3/c1-32(2)20-11-9-19(10-12-20)22(23-18-29-24-8-4-3-7-21(23)24)17-30-25(34)13-16-33-26(35)28(31-27(33)36)14-5-6-15-28/h3-4,7-12,18,22,29H,5-6,13-17H2,1-2H3,(H,30,34)(H,31,36). The van der Waals surface area contributed by atoms with Crippen LogP contribution < -0.4 is 15.5 Å². The minimum atomic E-state index is -0.743. The first-order valence-electron chi connectivity index (χ1n) is 12.6. The molecule has 4 amide bonds. The number of nitrogens with one attached hydrogen (secondary N) is 3. The summed E-state index contributed by atoms with van der Waals surface area (Å²) in [5, 5.41) is 7.04. The Morgan fingerprint density at radius 1 is 1.08 bits per heavy atom. The lowest BCUT2D eigenvalue weighted by atomic mass is 9.90. The van der Waals surface area contributed by atoms with E-state index in [4.69, 9.17) is 0 Å². The molecule has 1 aliphatic carbocycles. The van der Waals surface area contributed by atoms with E-state index in [9.17, 15) is 14.4 Å². The van der Waals surface area contributed by atoms with Gasteiger partial charge in [-0.15, -0.1) is 0 Å². The van der Waals surface area contributed by atoms with Crippen LogP contribution in [0, 0.1) is 0 Å². The smallest absolute Gasteiger partial charge is 0.325 e. The number of anilines is 1. The summed E-state index contributed by atoms with van der Waals surface area (Å²) >= 11 is 0. The molecule has 5 rings (SSSR count). The van der Waals surface area contributed by atoms with Gasteiger partial charge in [0.05, 0.1) is 0 Å². The van der Waals surface area contributed by atoms with Crippen molar-refractivity contribution in [3.63, 3.8) is 0 Å². The molecule has 2 fully saturated rings. The van der Waals surface area contributed by atoms with Crippen LogP contribution in [0.2, 0.25) is 0 Å². The summed E-state index contributed by atoms with van der Waals surface area (Å²) in [4.78, 5) is 44.7. The van der Waals surface area contributed by atoms with Crippen LogP contribution in [-0.2, 0) is 9.59 Å². The van der Waals surface area contributed by atoms with E-state index < -0.39 is 5.54 Å². The van der Waals surface area contributed by atoms with E-state index in [2.05, 4.69) is 50.8 Å². The third-order valence-corrected chi connectivity index (χ3v) is 7.58. The number of rotatable bonds is 8. The highest BCUT2D eigenvalue weighted by atomic mass is 16.2. The number of carbonyl (C=O) groups is 3. The fourth-order valence-electron chi connectivity index (χ4n) is 5.51. The largest absolute Gasteiger partial charge is 0.378 e. The van der Waals surface area contributed by atoms with Crippen LogP contribution in [0.1, 0.15) is 49.1 Å². The first kappa shape index (κ1) is 23.9. The van der Waals surface area contributed by atoms with Crippen molar-refractivity contribution in [3.8, 4) is 0 Å². The lowest BCUT2D eigenvalue weighted by Crippen LogP contribution is -2.44. The van der Waals surface area contributed by atoms with E-state index in [0.29, 0.717) is 19.4 Å². The number of urea groups is 1. The van der Waals surface area contributed by atoms with Crippen molar-refractivity contribution in [2.45, 2.75) is 43.6 Å². The molecule has 8 heteroatoms. The zero-order valence-electron chi connectivity index (χ0n) is 20.8. The zero-order chi connectivity index (χ0) is 25.3. The van der Waals surface area contributed by atoms with Crippen molar-refractivity contribution in [1.82, 2.24) is 20.5 Å². The molecule has 8 nitrogen and oxygen atoms in total. The van der Waals surface area contributed by atoms with Gasteiger partial charge in [0.15, 0.2) is 0 Å². The van der Waals surface area contributed by atoms with Gasteiger partial charge < -0.3 is 20.5 Å². The molecule has 2 aromatic carbocycles. The summed E-state index contributed by atoms with van der Waals surface area (Å²) in [6, 6.07) is 16.1. The second kappa shape index (κ2) is 9.68. The third kappa shape index (κ3) is 4.43. The van der Waals surface area contributed by atoms with Gasteiger partial charge in [-0.1, -0.05) is 43.2 Å². The fourth-order valence-corrected chi connectivity index (χ4v) is 5.51. The van der Waals surface area contributed by atoms with Crippen molar-refractivity contribution in [2.24, 2.45) is 0 Å². The predicted octanol–water partition coefficient (Wildman–Crippen LogP) is 3.74. The van der Waals surface area contributed by atoms with E-state index in [1.165, 1.54) is 4.90 Å². The molecule has 1 saturated heterocycles. The molecule has 36 heavy (non-hydrogen) atoms. The summed E-state index contributed by atoms with van der Waals surface area (Å²) in [5.74, 6) is -0.423. The first-order valence-corrected chi connectivity index (χ1v) is 12.6. The topological polar surface area (TPSA) is 97.5 Å². The van der Waals surface area contributed by atoms with Crippen LogP contribution in [0.5, 0.6) is 0 Å². The van der Waals surface area contributed by atoms with Gasteiger partial charge in [-0.25, -0.2) is 4.79 Å². The lowest BCUT2D eigenvalue weighted by molar-refractivity contribution is -0.131. The number of hydrogen-bond donors (Lipinski definition) is 3. The van der Waals surface area contributed by atoms with Crippen LogP contribution in [0.15, 0.2) is 54.7 Å². The highest BCUT2D eigenvalue weighted by molar-refractivity contribution is 6.07. The SMILES string of the molecule is CN(C)c1ccc(C(CNC(=O)CCN2C(=O)NC3(CCCC3)C2=O)c2c[nH]c3ccccc23)cc1. The molecule has 0 radical (unpaired) electrons. The molecule has 188 valence electrons. The van der Waals surface area contributed by atoms with Crippen LogP contribution in [0.4, 0.5) is 10.5 Å². The second-order valence-electron chi connectivity index (χ2n) is 10.1. The predicted molar refractivity (Wildman–Crippen MR) is 140 cm³/mol. The Morgan fingerprint density at radius 3 is 2.53 bits per heavy atom. The minimum Gasteiger partial charge on any atom is -0.378 e. The molecule has 1 atom stereocenters. The number of H-pyrrole nitrogens is 1. The minimum absolute atomic E-state index is 0.0558. The van der Waals surface area contributed by atoms with E-state index in [-0.39, 0.29) is 36.7 Å². The molecule has 1 spiro atoms. The Hall–Kier alpha value is -3.81. The maximum atomic E-state index is 12.9. The summed E-state index contributed by atoms with van der Waals surface area (Å²) in [5.41, 5.74) is 3.62. The Labute approximate surface area is 211 Å². The van der Waals surface area contributed by atoms with Gasteiger partial charge in [0, 0.05) is 62.3 Å². The zero-order valence-corrected chi connectivity index (χ0v) is 20.8. The second-order valence-corrected chi connectivity index (χ2v) is 10.1. The van der Waals surface area contributed by atoms with Crippen molar-refractivity contribution in [1.29, 1.82) is 0 Å².